The number of hydrogen-bond acceptors (Lipinski definition) is 2. The molecule has 18 heavy (non-hydrogen) atoms. The molecule has 0 bridgehead atoms. The van der Waals surface area contributed by atoms with Gasteiger partial charge in [-0.05, 0) is 29.7 Å². The fraction of sp³-hybridized carbons (Fsp3) is 0.188. The maximum atomic E-state index is 11.9. The van der Waals surface area contributed by atoms with Crippen LogP contribution in [-0.4, -0.2) is 10.9 Å². The lowest BCUT2D eigenvalue weighted by molar-refractivity contribution is 0.104. The summed E-state index contributed by atoms with van der Waals surface area (Å²) in [6.45, 7) is 7.82. The van der Waals surface area contributed by atoms with Gasteiger partial charge in [0.25, 0.3) is 0 Å². The van der Waals surface area contributed by atoms with Gasteiger partial charge in [-0.15, -0.1) is 0 Å². The van der Waals surface area contributed by atoms with Gasteiger partial charge in [0.2, 0.25) is 0 Å². The average molecular weight is 242 g/mol. The lowest BCUT2D eigenvalue weighted by atomic mass is 10.1. The summed E-state index contributed by atoms with van der Waals surface area (Å²) < 4.78 is 0. The molecule has 0 aliphatic carbocycles. The first-order valence-electron chi connectivity index (χ1n) is 5.89. The Labute approximate surface area is 108 Å². The van der Waals surface area contributed by atoms with E-state index in [4.69, 9.17) is 0 Å². The number of rotatable bonds is 5. The highest BCUT2D eigenvalue weighted by Crippen LogP contribution is 2.17. The predicted molar refractivity (Wildman–Crippen MR) is 74.7 cm³/mol. The first-order valence-corrected chi connectivity index (χ1v) is 5.89. The number of hydrogen-bond donors (Lipinski definition) is 1. The van der Waals surface area contributed by atoms with E-state index in [0.717, 1.165) is 5.57 Å². The number of phenolic OH excluding ortho intramolecular Hbond substituents is 1. The van der Waals surface area contributed by atoms with Gasteiger partial charge in [-0.1, -0.05) is 50.8 Å². The number of para-hydroxylation sites is 1. The van der Waals surface area contributed by atoms with Crippen molar-refractivity contribution in [3.05, 3.63) is 66.3 Å². The topological polar surface area (TPSA) is 37.3 Å². The van der Waals surface area contributed by atoms with E-state index >= 15 is 0 Å². The number of allylic oxidation sites excluding steroid dienone is 5. The number of phenols is 1. The third kappa shape index (κ3) is 4.06. The maximum absolute atomic E-state index is 11.9. The van der Waals surface area contributed by atoms with E-state index in [9.17, 15) is 9.90 Å². The Bertz CT molecular complexity index is 494. The van der Waals surface area contributed by atoms with Crippen molar-refractivity contribution < 1.29 is 9.90 Å². The van der Waals surface area contributed by atoms with Crippen molar-refractivity contribution in [2.75, 3.05) is 0 Å². The molecule has 1 aromatic rings. The fourth-order valence-electron chi connectivity index (χ4n) is 1.52. The minimum Gasteiger partial charge on any atom is -0.507 e. The normalized spacial score (nSPS) is 12.1. The van der Waals surface area contributed by atoms with E-state index < -0.39 is 0 Å². The van der Waals surface area contributed by atoms with Crippen molar-refractivity contribution in [3.63, 3.8) is 0 Å². The van der Waals surface area contributed by atoms with Gasteiger partial charge in [-0.2, -0.15) is 0 Å². The van der Waals surface area contributed by atoms with E-state index in [1.165, 1.54) is 12.1 Å². The highest BCUT2D eigenvalue weighted by molar-refractivity contribution is 6.06. The first kappa shape index (κ1) is 14.0. The second-order valence-electron chi connectivity index (χ2n) is 4.33. The van der Waals surface area contributed by atoms with Crippen LogP contribution in [0.1, 0.15) is 24.2 Å². The molecule has 1 N–H and O–H groups in total. The van der Waals surface area contributed by atoms with Gasteiger partial charge in [-0.3, -0.25) is 4.79 Å². The van der Waals surface area contributed by atoms with Gasteiger partial charge in [-0.25, -0.2) is 0 Å². The molecule has 0 unspecified atom stereocenters. The van der Waals surface area contributed by atoms with Gasteiger partial charge < -0.3 is 5.11 Å². The Kier molecular flexibility index (Phi) is 5.12. The van der Waals surface area contributed by atoms with Crippen LogP contribution in [0.5, 0.6) is 5.75 Å². The number of carbonyl (C=O) groups excluding carboxylic acids is 1. The lowest BCUT2D eigenvalue weighted by Gasteiger charge is -2.00. The number of aromatic hydroxyl groups is 1. The van der Waals surface area contributed by atoms with Crippen molar-refractivity contribution in [2.45, 2.75) is 13.8 Å². The van der Waals surface area contributed by atoms with E-state index in [1.54, 1.807) is 30.4 Å². The zero-order chi connectivity index (χ0) is 13.5. The summed E-state index contributed by atoms with van der Waals surface area (Å²) in [6.07, 6.45) is 6.88. The molecular weight excluding hydrogens is 224 g/mol. The van der Waals surface area contributed by atoms with Crippen molar-refractivity contribution >= 4 is 5.78 Å². The van der Waals surface area contributed by atoms with E-state index in [2.05, 4.69) is 20.4 Å². The predicted octanol–water partition coefficient (Wildman–Crippen LogP) is 3.90. The number of ketones is 1. The molecule has 2 nitrogen and oxygen atoms in total. The largest absolute Gasteiger partial charge is 0.507 e. The van der Waals surface area contributed by atoms with E-state index in [1.807, 2.05) is 6.08 Å². The van der Waals surface area contributed by atoms with Gasteiger partial charge in [0.1, 0.15) is 5.75 Å². The smallest absolute Gasteiger partial charge is 0.189 e. The Morgan fingerprint density at radius 2 is 1.94 bits per heavy atom. The molecule has 0 fully saturated rings. The lowest BCUT2D eigenvalue weighted by Crippen LogP contribution is -1.94. The fourth-order valence-corrected chi connectivity index (χ4v) is 1.52. The van der Waals surface area contributed by atoms with Crippen LogP contribution < -0.4 is 0 Å². The van der Waals surface area contributed by atoms with Gasteiger partial charge in [0, 0.05) is 0 Å². The van der Waals surface area contributed by atoms with Crippen LogP contribution in [0.25, 0.3) is 0 Å². The monoisotopic (exact) mass is 242 g/mol. The standard InChI is InChI=1S/C16H18O2/c1-4-13(11-12(2)3)9-10-16(18)14-7-5-6-8-15(14)17/h4-12,17H,1H2,2-3H3/b10-9+,13-11+. The molecule has 0 amide bonds. The second kappa shape index (κ2) is 6.60. The zero-order valence-electron chi connectivity index (χ0n) is 10.8. The molecule has 0 atom stereocenters. The molecule has 0 radical (unpaired) electrons. The third-order valence-electron chi connectivity index (χ3n) is 2.36. The van der Waals surface area contributed by atoms with Crippen LogP contribution >= 0.6 is 0 Å². The molecule has 0 aliphatic heterocycles. The maximum Gasteiger partial charge on any atom is 0.189 e. The third-order valence-corrected chi connectivity index (χ3v) is 2.36. The van der Waals surface area contributed by atoms with Crippen molar-refractivity contribution in [1.29, 1.82) is 0 Å². The molecular formula is C16H18O2. The minimum absolute atomic E-state index is 0.000132. The zero-order valence-corrected chi connectivity index (χ0v) is 10.8. The molecule has 1 aromatic carbocycles. The SMILES string of the molecule is C=CC(/C=C/C(=O)c1ccccc1O)=C\C(C)C. The van der Waals surface area contributed by atoms with E-state index in [0.29, 0.717) is 11.5 Å². The number of carbonyl (C=O) groups is 1. The molecule has 94 valence electrons. The highest BCUT2D eigenvalue weighted by atomic mass is 16.3. The second-order valence-corrected chi connectivity index (χ2v) is 4.33. The van der Waals surface area contributed by atoms with Gasteiger partial charge in [0.05, 0.1) is 5.56 Å². The molecule has 0 saturated heterocycles. The Morgan fingerprint density at radius 1 is 1.28 bits per heavy atom. The molecule has 0 heterocycles. The van der Waals surface area contributed by atoms with Crippen LogP contribution in [0.2, 0.25) is 0 Å². The van der Waals surface area contributed by atoms with Gasteiger partial charge in [0.15, 0.2) is 5.78 Å². The summed E-state index contributed by atoms with van der Waals surface area (Å²) >= 11 is 0. The van der Waals surface area contributed by atoms with Crippen molar-refractivity contribution in [3.8, 4) is 5.75 Å². The van der Waals surface area contributed by atoms with Crippen LogP contribution in [0.4, 0.5) is 0 Å². The minimum atomic E-state index is -0.218. The average Bonchev–Trinajstić information content (AvgIpc) is 2.34. The van der Waals surface area contributed by atoms with Crippen LogP contribution in [0, 0.1) is 5.92 Å². The molecule has 2 heteroatoms. The molecule has 0 aliphatic rings. The quantitative estimate of drug-likeness (QED) is 0.483. The highest BCUT2D eigenvalue weighted by Gasteiger charge is 2.06. The first-order chi connectivity index (χ1) is 8.54. The van der Waals surface area contributed by atoms with Crippen LogP contribution in [0.3, 0.4) is 0 Å². The summed E-state index contributed by atoms with van der Waals surface area (Å²) in [5.41, 5.74) is 1.20. The summed E-state index contributed by atoms with van der Waals surface area (Å²) in [4.78, 5) is 11.9. The van der Waals surface area contributed by atoms with Crippen LogP contribution in [0.15, 0.2) is 60.7 Å². The number of benzene rings is 1. The Balaban J connectivity index is 2.88. The van der Waals surface area contributed by atoms with Gasteiger partial charge >= 0.3 is 0 Å². The van der Waals surface area contributed by atoms with Crippen molar-refractivity contribution in [1.82, 2.24) is 0 Å². The summed E-state index contributed by atoms with van der Waals surface area (Å²) in [7, 11) is 0. The molecule has 1 rings (SSSR count). The summed E-state index contributed by atoms with van der Waals surface area (Å²) in [5, 5.41) is 9.56. The Hall–Kier alpha value is -2.09. The summed E-state index contributed by atoms with van der Waals surface area (Å²) in [6, 6.07) is 6.50. The van der Waals surface area contributed by atoms with E-state index in [-0.39, 0.29) is 11.5 Å². The molecule has 0 spiro atoms. The molecule has 0 saturated carbocycles. The molecule has 0 aromatic heterocycles. The van der Waals surface area contributed by atoms with Crippen LogP contribution in [-0.2, 0) is 0 Å². The van der Waals surface area contributed by atoms with Crippen molar-refractivity contribution in [2.24, 2.45) is 5.92 Å². The summed E-state index contributed by atoms with van der Waals surface area (Å²) in [5.74, 6) is 0.174. The Morgan fingerprint density at radius 3 is 2.50 bits per heavy atom.